The lowest BCUT2D eigenvalue weighted by atomic mass is 9.48. The first kappa shape index (κ1) is 21.5. The maximum atomic E-state index is 11.2. The largest absolute Gasteiger partial charge is 0.477 e. The highest BCUT2D eigenvalue weighted by Gasteiger charge is 2.51. The molecule has 4 bridgehead atoms. The van der Waals surface area contributed by atoms with Crippen molar-refractivity contribution in [3.05, 3.63) is 76.9 Å². The molecule has 4 aliphatic rings. The number of pyridine rings is 1. The SMILES string of the molecule is O=C(O)c1cccc(Nc2cccc(Nc3ccc(C45CC6CC(CC(C6)C4)C5)cc3Cl)c2)n1. The molecule has 4 aliphatic carbocycles. The van der Waals surface area contributed by atoms with Gasteiger partial charge in [-0.05, 0) is 110 Å². The molecule has 4 fully saturated rings. The van der Waals surface area contributed by atoms with E-state index in [1.165, 1.54) is 50.2 Å². The topological polar surface area (TPSA) is 74.2 Å². The lowest BCUT2D eigenvalue weighted by Gasteiger charge is -2.57. The lowest BCUT2D eigenvalue weighted by molar-refractivity contribution is -0.00518. The molecule has 0 spiro atoms. The number of carboxylic acids is 1. The summed E-state index contributed by atoms with van der Waals surface area (Å²) in [4.78, 5) is 15.3. The van der Waals surface area contributed by atoms with Crippen molar-refractivity contribution in [1.29, 1.82) is 0 Å². The molecule has 7 rings (SSSR count). The third-order valence-corrected chi connectivity index (χ3v) is 8.31. The summed E-state index contributed by atoms with van der Waals surface area (Å²) in [5.74, 6) is 2.15. The van der Waals surface area contributed by atoms with Crippen LogP contribution in [0.15, 0.2) is 60.7 Å². The van der Waals surface area contributed by atoms with E-state index in [-0.39, 0.29) is 5.69 Å². The van der Waals surface area contributed by atoms with Gasteiger partial charge in [-0.15, -0.1) is 0 Å². The van der Waals surface area contributed by atoms with Crippen molar-refractivity contribution in [3.8, 4) is 0 Å². The summed E-state index contributed by atoms with van der Waals surface area (Å²) in [6.07, 6.45) is 8.29. The number of carbonyl (C=O) groups is 1. The summed E-state index contributed by atoms with van der Waals surface area (Å²) in [7, 11) is 0. The van der Waals surface area contributed by atoms with Crippen LogP contribution >= 0.6 is 11.6 Å². The van der Waals surface area contributed by atoms with Crippen LogP contribution in [0.25, 0.3) is 0 Å². The molecule has 34 heavy (non-hydrogen) atoms. The highest BCUT2D eigenvalue weighted by Crippen LogP contribution is 2.61. The Morgan fingerprint density at radius 1 is 0.882 bits per heavy atom. The molecular formula is C28H28ClN3O2. The summed E-state index contributed by atoms with van der Waals surface area (Å²) < 4.78 is 0. The molecule has 0 aliphatic heterocycles. The summed E-state index contributed by atoms with van der Waals surface area (Å²) >= 11 is 6.79. The zero-order chi connectivity index (χ0) is 23.3. The van der Waals surface area contributed by atoms with Crippen LogP contribution in [0.4, 0.5) is 22.9 Å². The Morgan fingerprint density at radius 3 is 2.18 bits per heavy atom. The van der Waals surface area contributed by atoms with Gasteiger partial charge in [0.25, 0.3) is 0 Å². The molecule has 2 aromatic carbocycles. The third kappa shape index (κ3) is 4.03. The Balaban J connectivity index is 1.20. The van der Waals surface area contributed by atoms with Crippen LogP contribution in [0.5, 0.6) is 0 Å². The van der Waals surface area contributed by atoms with E-state index >= 15 is 0 Å². The summed E-state index contributed by atoms with van der Waals surface area (Å²) in [5, 5.41) is 16.5. The molecule has 3 N–H and O–H groups in total. The number of benzene rings is 2. The molecule has 0 saturated heterocycles. The van der Waals surface area contributed by atoms with Gasteiger partial charge in [-0.3, -0.25) is 0 Å². The number of aromatic carboxylic acids is 1. The van der Waals surface area contributed by atoms with Crippen molar-refractivity contribution >= 4 is 40.5 Å². The van der Waals surface area contributed by atoms with Crippen LogP contribution in [0.2, 0.25) is 5.02 Å². The van der Waals surface area contributed by atoms with Crippen LogP contribution in [0.3, 0.4) is 0 Å². The molecule has 1 heterocycles. The summed E-state index contributed by atoms with van der Waals surface area (Å²) in [5.41, 5.74) is 4.34. The second-order valence-electron chi connectivity index (χ2n) is 10.4. The number of rotatable bonds is 6. The van der Waals surface area contributed by atoms with Gasteiger partial charge in [0.2, 0.25) is 0 Å². The molecule has 0 radical (unpaired) electrons. The fourth-order valence-corrected chi connectivity index (χ4v) is 7.24. The van der Waals surface area contributed by atoms with Gasteiger partial charge in [0.05, 0.1) is 10.7 Å². The van der Waals surface area contributed by atoms with Crippen molar-refractivity contribution in [2.75, 3.05) is 10.6 Å². The maximum Gasteiger partial charge on any atom is 0.354 e. The minimum Gasteiger partial charge on any atom is -0.477 e. The molecule has 0 amide bonds. The zero-order valence-electron chi connectivity index (χ0n) is 18.9. The first-order chi connectivity index (χ1) is 16.5. The lowest BCUT2D eigenvalue weighted by Crippen LogP contribution is -2.48. The van der Waals surface area contributed by atoms with E-state index in [0.717, 1.165) is 39.8 Å². The highest BCUT2D eigenvalue weighted by molar-refractivity contribution is 6.33. The minimum atomic E-state index is -1.05. The van der Waals surface area contributed by atoms with E-state index in [1.54, 1.807) is 12.1 Å². The van der Waals surface area contributed by atoms with Crippen molar-refractivity contribution in [2.24, 2.45) is 17.8 Å². The molecule has 0 unspecified atom stereocenters. The monoisotopic (exact) mass is 473 g/mol. The number of hydrogen-bond donors (Lipinski definition) is 3. The molecule has 1 aromatic heterocycles. The maximum absolute atomic E-state index is 11.2. The Bertz CT molecular complexity index is 1220. The van der Waals surface area contributed by atoms with E-state index in [4.69, 9.17) is 16.7 Å². The van der Waals surface area contributed by atoms with Gasteiger partial charge in [-0.1, -0.05) is 29.8 Å². The van der Waals surface area contributed by atoms with E-state index in [9.17, 15) is 4.79 Å². The smallest absolute Gasteiger partial charge is 0.354 e. The Labute approximate surface area is 204 Å². The van der Waals surface area contributed by atoms with Crippen LogP contribution in [0.1, 0.15) is 54.6 Å². The first-order valence-corrected chi connectivity index (χ1v) is 12.5. The van der Waals surface area contributed by atoms with Gasteiger partial charge in [0.15, 0.2) is 5.69 Å². The van der Waals surface area contributed by atoms with Gasteiger partial charge >= 0.3 is 5.97 Å². The standard InChI is InChI=1S/C28H28ClN3O2/c29-23-12-20(28-14-17-9-18(15-28)11-19(10-17)16-28)7-8-24(23)30-21-3-1-4-22(13-21)31-26-6-2-5-25(32-26)27(33)34/h1-8,12-13,17-19,30H,9-11,14-16H2,(H,31,32)(H,33,34). The van der Waals surface area contributed by atoms with Gasteiger partial charge in [-0.25, -0.2) is 9.78 Å². The van der Waals surface area contributed by atoms with Gasteiger partial charge in [-0.2, -0.15) is 0 Å². The van der Waals surface area contributed by atoms with E-state index < -0.39 is 5.97 Å². The first-order valence-electron chi connectivity index (χ1n) is 12.1. The van der Waals surface area contributed by atoms with Crippen LogP contribution in [0, 0.1) is 17.8 Å². The van der Waals surface area contributed by atoms with E-state index in [2.05, 4.69) is 33.8 Å². The molecule has 6 heteroatoms. The van der Waals surface area contributed by atoms with Crippen LogP contribution < -0.4 is 10.6 Å². The highest BCUT2D eigenvalue weighted by atomic mass is 35.5. The van der Waals surface area contributed by atoms with Gasteiger partial charge in [0.1, 0.15) is 5.82 Å². The second-order valence-corrected chi connectivity index (χ2v) is 10.8. The van der Waals surface area contributed by atoms with E-state index in [0.29, 0.717) is 11.2 Å². The molecule has 5 nitrogen and oxygen atoms in total. The Morgan fingerprint density at radius 2 is 1.53 bits per heavy atom. The molecule has 3 aromatic rings. The molecular weight excluding hydrogens is 446 g/mol. The van der Waals surface area contributed by atoms with Crippen molar-refractivity contribution in [2.45, 2.75) is 43.9 Å². The molecule has 4 saturated carbocycles. The van der Waals surface area contributed by atoms with Crippen molar-refractivity contribution < 1.29 is 9.90 Å². The Hall–Kier alpha value is -3.05. The zero-order valence-corrected chi connectivity index (χ0v) is 19.7. The fraction of sp³-hybridized carbons (Fsp3) is 0.357. The average molecular weight is 474 g/mol. The number of carboxylic acid groups (broad SMARTS) is 1. The number of halogens is 1. The number of aromatic nitrogens is 1. The molecule has 174 valence electrons. The Kier molecular flexibility index (Phi) is 5.25. The molecule has 0 atom stereocenters. The quantitative estimate of drug-likeness (QED) is 0.348. The van der Waals surface area contributed by atoms with Crippen LogP contribution in [-0.4, -0.2) is 16.1 Å². The number of nitrogens with one attached hydrogen (secondary N) is 2. The summed E-state index contributed by atoms with van der Waals surface area (Å²) in [6.45, 7) is 0. The van der Waals surface area contributed by atoms with Crippen LogP contribution in [-0.2, 0) is 5.41 Å². The summed E-state index contributed by atoms with van der Waals surface area (Å²) in [6, 6.07) is 19.3. The van der Waals surface area contributed by atoms with Gasteiger partial charge < -0.3 is 15.7 Å². The minimum absolute atomic E-state index is 0.00479. The normalized spacial score (nSPS) is 26.9. The number of anilines is 4. The number of nitrogens with zero attached hydrogens (tertiary/aromatic N) is 1. The van der Waals surface area contributed by atoms with Crippen molar-refractivity contribution in [3.63, 3.8) is 0 Å². The number of hydrogen-bond acceptors (Lipinski definition) is 4. The third-order valence-electron chi connectivity index (χ3n) is 8.00. The average Bonchev–Trinajstić information content (AvgIpc) is 2.80. The van der Waals surface area contributed by atoms with E-state index in [1.807, 2.05) is 24.3 Å². The predicted molar refractivity (Wildman–Crippen MR) is 136 cm³/mol. The second kappa shape index (κ2) is 8.31. The predicted octanol–water partition coefficient (Wildman–Crippen LogP) is 7.39. The fourth-order valence-electron chi connectivity index (χ4n) is 7.01. The van der Waals surface area contributed by atoms with Crippen molar-refractivity contribution in [1.82, 2.24) is 4.98 Å². The van der Waals surface area contributed by atoms with Gasteiger partial charge in [0, 0.05) is 11.4 Å².